The maximum absolute atomic E-state index is 12.7. The van der Waals surface area contributed by atoms with Crippen molar-refractivity contribution in [2.24, 2.45) is 11.3 Å². The van der Waals surface area contributed by atoms with E-state index in [1.807, 2.05) is 26.8 Å². The zero-order chi connectivity index (χ0) is 13.1. The second-order valence-corrected chi connectivity index (χ2v) is 5.26. The van der Waals surface area contributed by atoms with Gasteiger partial charge < -0.3 is 4.42 Å². The number of carbonyl (C=O) groups is 2. The molecule has 0 N–H and O–H groups in total. The van der Waals surface area contributed by atoms with Gasteiger partial charge in [-0.3, -0.25) is 9.59 Å². The summed E-state index contributed by atoms with van der Waals surface area (Å²) in [6.07, 6.45) is 6.67. The van der Waals surface area contributed by atoms with Gasteiger partial charge in [0.25, 0.3) is 0 Å². The van der Waals surface area contributed by atoms with Crippen LogP contribution < -0.4 is 0 Å². The zero-order valence-corrected chi connectivity index (χ0v) is 10.6. The van der Waals surface area contributed by atoms with Crippen molar-refractivity contribution in [3.05, 3.63) is 40.9 Å². The Morgan fingerprint density at radius 3 is 2.78 bits per heavy atom. The SMILES string of the molecule is Cc1coc2c1C(=O)[C@]1(C)C(=C2)C(=O)C=C[C@@H]1C. The molecule has 92 valence electrons. The van der Waals surface area contributed by atoms with Crippen molar-refractivity contribution < 1.29 is 14.0 Å². The maximum atomic E-state index is 12.7. The van der Waals surface area contributed by atoms with E-state index in [1.165, 1.54) is 0 Å². The highest BCUT2D eigenvalue weighted by atomic mass is 16.3. The third kappa shape index (κ3) is 1.14. The van der Waals surface area contributed by atoms with Crippen LogP contribution in [0.1, 0.15) is 35.5 Å². The van der Waals surface area contributed by atoms with Crippen molar-refractivity contribution in [1.82, 2.24) is 0 Å². The van der Waals surface area contributed by atoms with Crippen LogP contribution in [0.2, 0.25) is 0 Å². The van der Waals surface area contributed by atoms with E-state index in [4.69, 9.17) is 4.42 Å². The summed E-state index contributed by atoms with van der Waals surface area (Å²) >= 11 is 0. The molecule has 0 spiro atoms. The van der Waals surface area contributed by atoms with Crippen LogP contribution in [0.4, 0.5) is 0 Å². The highest BCUT2D eigenvalue weighted by Crippen LogP contribution is 2.47. The first kappa shape index (κ1) is 11.2. The molecule has 2 atom stereocenters. The molecule has 0 aromatic carbocycles. The minimum absolute atomic E-state index is 0.00792. The lowest BCUT2D eigenvalue weighted by Gasteiger charge is -2.38. The molecule has 18 heavy (non-hydrogen) atoms. The number of fused-ring (bicyclic) bond motifs is 2. The van der Waals surface area contributed by atoms with Crippen LogP contribution in [0.3, 0.4) is 0 Å². The number of furan rings is 1. The molecule has 2 aliphatic rings. The van der Waals surface area contributed by atoms with E-state index in [9.17, 15) is 9.59 Å². The van der Waals surface area contributed by atoms with Gasteiger partial charge in [0.15, 0.2) is 11.6 Å². The van der Waals surface area contributed by atoms with Gasteiger partial charge in [0.1, 0.15) is 5.76 Å². The number of hydrogen-bond donors (Lipinski definition) is 0. The van der Waals surface area contributed by atoms with Gasteiger partial charge in [-0.15, -0.1) is 0 Å². The largest absolute Gasteiger partial charge is 0.464 e. The van der Waals surface area contributed by atoms with E-state index < -0.39 is 5.41 Å². The van der Waals surface area contributed by atoms with Gasteiger partial charge in [0.2, 0.25) is 0 Å². The molecule has 1 aromatic rings. The molecule has 0 bridgehead atoms. The Morgan fingerprint density at radius 2 is 2.06 bits per heavy atom. The van der Waals surface area contributed by atoms with Crippen LogP contribution in [0, 0.1) is 18.3 Å². The Bertz CT molecular complexity index is 630. The molecule has 0 unspecified atom stereocenters. The molecule has 0 saturated carbocycles. The van der Waals surface area contributed by atoms with E-state index in [0.717, 1.165) is 5.56 Å². The second-order valence-electron chi connectivity index (χ2n) is 5.26. The quantitative estimate of drug-likeness (QED) is 0.702. The topological polar surface area (TPSA) is 47.3 Å². The lowest BCUT2D eigenvalue weighted by atomic mass is 9.61. The van der Waals surface area contributed by atoms with Gasteiger partial charge >= 0.3 is 0 Å². The third-order valence-corrected chi connectivity index (χ3v) is 4.25. The fourth-order valence-corrected chi connectivity index (χ4v) is 2.82. The van der Waals surface area contributed by atoms with Gasteiger partial charge in [-0.25, -0.2) is 0 Å². The number of carbonyl (C=O) groups excluding carboxylic acids is 2. The monoisotopic (exact) mass is 242 g/mol. The standard InChI is InChI=1S/C15H14O3/c1-8-7-18-12-6-10-11(16)5-4-9(2)15(10,3)14(17)13(8)12/h4-7,9H,1-3H3/t9-,15-/m0/s1. The molecule has 0 aliphatic heterocycles. The Labute approximate surface area is 105 Å². The van der Waals surface area contributed by atoms with Crippen LogP contribution >= 0.6 is 0 Å². The molecular weight excluding hydrogens is 228 g/mol. The van der Waals surface area contributed by atoms with E-state index >= 15 is 0 Å². The molecule has 3 rings (SSSR count). The Morgan fingerprint density at radius 1 is 1.33 bits per heavy atom. The Hall–Kier alpha value is -1.90. The Kier molecular flexibility index (Phi) is 2.06. The second kappa shape index (κ2) is 3.31. The summed E-state index contributed by atoms with van der Waals surface area (Å²) in [5.41, 5.74) is 1.24. The normalized spacial score (nSPS) is 29.9. The average molecular weight is 242 g/mol. The fraction of sp³-hybridized carbons (Fsp3) is 0.333. The molecule has 3 heteroatoms. The highest BCUT2D eigenvalue weighted by molar-refractivity contribution is 6.20. The minimum atomic E-state index is -0.756. The lowest BCUT2D eigenvalue weighted by Crippen LogP contribution is -2.42. The van der Waals surface area contributed by atoms with Crippen molar-refractivity contribution in [1.29, 1.82) is 0 Å². The van der Waals surface area contributed by atoms with Gasteiger partial charge in [-0.1, -0.05) is 13.0 Å². The first-order valence-electron chi connectivity index (χ1n) is 6.04. The minimum Gasteiger partial charge on any atom is -0.464 e. The number of ketones is 2. The van der Waals surface area contributed by atoms with Crippen molar-refractivity contribution in [2.75, 3.05) is 0 Å². The predicted molar refractivity (Wildman–Crippen MR) is 67.2 cm³/mol. The summed E-state index contributed by atoms with van der Waals surface area (Å²) in [6.45, 7) is 5.67. The first-order chi connectivity index (χ1) is 8.46. The molecule has 2 aliphatic carbocycles. The first-order valence-corrected chi connectivity index (χ1v) is 6.04. The molecule has 0 fully saturated rings. The fourth-order valence-electron chi connectivity index (χ4n) is 2.82. The molecule has 0 radical (unpaired) electrons. The van der Waals surface area contributed by atoms with Crippen LogP contribution in [-0.2, 0) is 4.79 Å². The van der Waals surface area contributed by atoms with E-state index in [-0.39, 0.29) is 17.5 Å². The van der Waals surface area contributed by atoms with Crippen LogP contribution in [-0.4, -0.2) is 11.6 Å². The van der Waals surface area contributed by atoms with Gasteiger partial charge in [0, 0.05) is 5.57 Å². The van der Waals surface area contributed by atoms with Crippen LogP contribution in [0.15, 0.2) is 28.4 Å². The summed E-state index contributed by atoms with van der Waals surface area (Å²) in [6, 6.07) is 0. The average Bonchev–Trinajstić information content (AvgIpc) is 2.70. The van der Waals surface area contributed by atoms with Crippen molar-refractivity contribution in [2.45, 2.75) is 20.8 Å². The Balaban J connectivity index is 2.33. The summed E-state index contributed by atoms with van der Waals surface area (Å²) < 4.78 is 5.36. The van der Waals surface area contributed by atoms with Crippen molar-refractivity contribution in [3.63, 3.8) is 0 Å². The number of rotatable bonds is 0. The summed E-state index contributed by atoms with van der Waals surface area (Å²) in [7, 11) is 0. The number of aryl methyl sites for hydroxylation is 1. The summed E-state index contributed by atoms with van der Waals surface area (Å²) in [5, 5.41) is 0. The third-order valence-electron chi connectivity index (χ3n) is 4.25. The van der Waals surface area contributed by atoms with E-state index in [1.54, 1.807) is 18.4 Å². The van der Waals surface area contributed by atoms with E-state index in [2.05, 4.69) is 0 Å². The van der Waals surface area contributed by atoms with Gasteiger partial charge in [-0.2, -0.15) is 0 Å². The molecular formula is C15H14O3. The molecule has 0 saturated heterocycles. The van der Waals surface area contributed by atoms with Gasteiger partial charge in [0.05, 0.1) is 17.2 Å². The van der Waals surface area contributed by atoms with E-state index in [0.29, 0.717) is 16.9 Å². The molecule has 0 amide bonds. The van der Waals surface area contributed by atoms with Crippen molar-refractivity contribution in [3.8, 4) is 0 Å². The summed E-state index contributed by atoms with van der Waals surface area (Å²) in [5.74, 6) is 0.423. The molecule has 3 nitrogen and oxygen atoms in total. The number of hydrogen-bond acceptors (Lipinski definition) is 3. The van der Waals surface area contributed by atoms with Crippen LogP contribution in [0.25, 0.3) is 6.08 Å². The maximum Gasteiger partial charge on any atom is 0.182 e. The highest BCUT2D eigenvalue weighted by Gasteiger charge is 2.49. The number of Topliss-reactive ketones (excluding diaryl/α,β-unsaturated/α-hetero) is 1. The molecule has 1 aromatic heterocycles. The van der Waals surface area contributed by atoms with Crippen molar-refractivity contribution >= 4 is 17.6 Å². The van der Waals surface area contributed by atoms with Crippen LogP contribution in [0.5, 0.6) is 0 Å². The smallest absolute Gasteiger partial charge is 0.182 e. The summed E-state index contributed by atoms with van der Waals surface area (Å²) in [4.78, 5) is 24.7. The van der Waals surface area contributed by atoms with Gasteiger partial charge in [-0.05, 0) is 37.5 Å². The molecule has 1 heterocycles. The zero-order valence-electron chi connectivity index (χ0n) is 10.6. The number of allylic oxidation sites excluding steroid dienone is 3. The lowest BCUT2D eigenvalue weighted by molar-refractivity contribution is -0.112. The predicted octanol–water partition coefficient (Wildman–Crippen LogP) is 2.95.